The molecule has 39 heteroatoms. The molecule has 0 saturated heterocycles. The number of nitrogens with one attached hydrogen (secondary N) is 11. The number of thiophene rings is 1. The van der Waals surface area contributed by atoms with Crippen molar-refractivity contribution in [3.8, 4) is 5.75 Å². The molecule has 114 heavy (non-hydrogen) atoms. The van der Waals surface area contributed by atoms with Gasteiger partial charge >= 0.3 is 0 Å². The monoisotopic (exact) mass is 1610 g/mol. The molecule has 2 aromatic carbocycles. The summed E-state index contributed by atoms with van der Waals surface area (Å²) in [4.78, 5) is 137. The largest absolute Gasteiger partial charge is 0.491 e. The second-order valence-electron chi connectivity index (χ2n) is 25.8. The summed E-state index contributed by atoms with van der Waals surface area (Å²) in [7, 11) is 8.01. The highest BCUT2D eigenvalue weighted by molar-refractivity contribution is 7.17. The second-order valence-corrected chi connectivity index (χ2v) is 27.5. The number of amidine groups is 2. The third-order valence-electron chi connectivity index (χ3n) is 17.2. The highest BCUT2D eigenvalue weighted by atomic mass is 35.5. The van der Waals surface area contributed by atoms with Crippen molar-refractivity contribution in [1.29, 1.82) is 10.8 Å². The van der Waals surface area contributed by atoms with Gasteiger partial charge in [-0.3, -0.25) is 63.9 Å². The molecule has 7 heterocycles. The topological polar surface area (TPSA) is 453 Å². The van der Waals surface area contributed by atoms with E-state index >= 15 is 0 Å². The van der Waals surface area contributed by atoms with E-state index in [4.69, 9.17) is 60.6 Å². The van der Waals surface area contributed by atoms with Gasteiger partial charge in [0.15, 0.2) is 17.5 Å². The third kappa shape index (κ3) is 25.1. The average Bonchev–Trinajstić information content (AvgIpc) is 1.60. The SMILES string of the molecule is CC(=N)N1C(=N)[C@H](CC(=O)Nc2ccc(OCCOCCOCCOCCOCCOCCOCCNC(=O)CCNC(=O)c3nc(NC(=O)CCNC(=O)c4c(NC(=O)c5nc(NC(=O)CCNC(=O)c6cc(NC(=O)c7nccn7C)cn6C)cn5C)ccn4C)cn3C)cc2)N=C(c2ccc(Cl)cc2)c2c1sc(C)c2C. The molecule has 1 aliphatic heterocycles. The summed E-state index contributed by atoms with van der Waals surface area (Å²) >= 11 is 7.72. The minimum Gasteiger partial charge on any atom is -0.491 e. The van der Waals surface area contributed by atoms with Gasteiger partial charge in [-0.2, -0.15) is 0 Å². The van der Waals surface area contributed by atoms with Crippen LogP contribution in [0.4, 0.5) is 33.7 Å². The molecular formula is C75H94ClN21O16S. The van der Waals surface area contributed by atoms with E-state index in [1.807, 2.05) is 26.0 Å². The predicted octanol–water partition coefficient (Wildman–Crippen LogP) is 5.36. The van der Waals surface area contributed by atoms with Gasteiger partial charge in [-0.15, -0.1) is 11.3 Å². The zero-order chi connectivity index (χ0) is 81.8. The van der Waals surface area contributed by atoms with E-state index in [1.165, 1.54) is 60.3 Å². The smallest absolute Gasteiger partial charge is 0.291 e. The van der Waals surface area contributed by atoms with Gasteiger partial charge in [0, 0.05) is 145 Å². The maximum Gasteiger partial charge on any atom is 0.291 e. The first-order valence-electron chi connectivity index (χ1n) is 36.4. The minimum atomic E-state index is -0.863. The van der Waals surface area contributed by atoms with Crippen LogP contribution in [0, 0.1) is 24.7 Å². The first-order chi connectivity index (χ1) is 54.8. The number of nitrogens with zero attached hydrogens (tertiary/aromatic N) is 10. The van der Waals surface area contributed by atoms with E-state index in [2.05, 4.69) is 62.8 Å². The summed E-state index contributed by atoms with van der Waals surface area (Å²) in [5.41, 5.74) is 4.65. The Hall–Kier alpha value is -11.8. The lowest BCUT2D eigenvalue weighted by Crippen LogP contribution is -2.41. The highest BCUT2D eigenvalue weighted by Crippen LogP contribution is 2.40. The number of halogens is 1. The van der Waals surface area contributed by atoms with Crippen LogP contribution in [0.3, 0.4) is 0 Å². The number of aryl methyl sites for hydroxylation is 6. The van der Waals surface area contributed by atoms with E-state index < -0.39 is 47.4 Å². The number of imidazole rings is 3. The molecule has 0 bridgehead atoms. The highest BCUT2D eigenvalue weighted by Gasteiger charge is 2.35. The van der Waals surface area contributed by atoms with Gasteiger partial charge in [0.1, 0.15) is 46.5 Å². The zero-order valence-electron chi connectivity index (χ0n) is 64.5. The molecule has 1 aliphatic rings. The van der Waals surface area contributed by atoms with Gasteiger partial charge in [-0.1, -0.05) is 23.7 Å². The van der Waals surface area contributed by atoms with Crippen LogP contribution in [-0.2, 0) is 82.8 Å². The first kappa shape index (κ1) is 86.2. The lowest BCUT2D eigenvalue weighted by atomic mass is 9.99. The van der Waals surface area contributed by atoms with Crippen LogP contribution in [0.15, 0.2) is 103 Å². The fourth-order valence-corrected chi connectivity index (χ4v) is 12.8. The molecule has 9 amide bonds. The van der Waals surface area contributed by atoms with Gasteiger partial charge < -0.3 is 104 Å². The maximum atomic E-state index is 13.5. The number of benzene rings is 2. The number of aromatic nitrogens is 8. The molecule has 8 aromatic rings. The standard InChI is InChI=1S/C75H94ClN21O16S/c1-46-47(2)114-75-63(46)64(49-9-11-50(76)12-10-49)86-55(66(78)97(75)48(3)77)42-62(101)84-51-13-15-53(16-14-51)113-40-39-112-38-37-111-36-35-110-34-33-109-32-31-108-30-29-107-28-25-79-59(98)17-21-83-72(104)68-90-57(44-95(68)7)88-61(100)19-23-82-71(103)65-54(20-26-92(65)4)87-74(106)69-91-58(45-96(69)8)89-60(99)18-22-81-70(102)56-41-52(43-94(56)6)85-73(105)67-80-24-27-93(67)5/h9-16,20,24,26-27,41,43-45,55,77-78H,17-19,21-23,25,28-40,42H2,1-8H3,(H,79,98)(H,81,102)(H,82,103)(H,83,104)(H,84,101)(H,85,105)(H,87,106)(H,88,100)(H,89,99)/t55-/m0/s1. The number of anilines is 6. The fourth-order valence-electron chi connectivity index (χ4n) is 11.4. The van der Waals surface area contributed by atoms with E-state index in [0.717, 1.165) is 26.6 Å². The normalized spacial score (nSPS) is 12.5. The van der Waals surface area contributed by atoms with Crippen LogP contribution in [0.1, 0.15) is 107 Å². The van der Waals surface area contributed by atoms with Gasteiger partial charge in [0.05, 0.1) is 103 Å². The molecule has 0 spiro atoms. The van der Waals surface area contributed by atoms with Crippen LogP contribution in [-0.4, -0.2) is 226 Å². The Bertz CT molecular complexity index is 4750. The van der Waals surface area contributed by atoms with E-state index in [0.29, 0.717) is 107 Å². The Balaban J connectivity index is 0.533. The van der Waals surface area contributed by atoms with E-state index in [1.54, 1.807) is 107 Å². The van der Waals surface area contributed by atoms with Crippen molar-refractivity contribution in [2.45, 2.75) is 52.5 Å². The zero-order valence-corrected chi connectivity index (χ0v) is 66.0. The van der Waals surface area contributed by atoms with Crippen LogP contribution >= 0.6 is 22.9 Å². The Morgan fingerprint density at radius 3 is 1.62 bits per heavy atom. The van der Waals surface area contributed by atoms with Crippen LogP contribution in [0.25, 0.3) is 0 Å². The summed E-state index contributed by atoms with van der Waals surface area (Å²) in [5.74, 6) is -3.49. The Morgan fingerprint density at radius 1 is 0.518 bits per heavy atom. The van der Waals surface area contributed by atoms with Gasteiger partial charge in [-0.25, -0.2) is 15.0 Å². The molecule has 6 aromatic heterocycles. The summed E-state index contributed by atoms with van der Waals surface area (Å²) in [5, 5.41) is 43.3. The molecule has 0 saturated carbocycles. The van der Waals surface area contributed by atoms with Gasteiger partial charge in [0.25, 0.3) is 29.5 Å². The minimum absolute atomic E-state index is 0.00848. The number of hydrogen-bond donors (Lipinski definition) is 11. The predicted molar refractivity (Wildman–Crippen MR) is 426 cm³/mol. The summed E-state index contributed by atoms with van der Waals surface area (Å²) in [6.07, 6.45) is 8.65. The van der Waals surface area contributed by atoms with Gasteiger partial charge in [-0.05, 0) is 74.9 Å². The van der Waals surface area contributed by atoms with E-state index in [-0.39, 0.29) is 128 Å². The van der Waals surface area contributed by atoms with Crippen molar-refractivity contribution in [3.63, 3.8) is 0 Å². The third-order valence-corrected chi connectivity index (χ3v) is 18.6. The van der Waals surface area contributed by atoms with Crippen molar-refractivity contribution in [3.05, 3.63) is 153 Å². The maximum absolute atomic E-state index is 13.5. The van der Waals surface area contributed by atoms with E-state index in [9.17, 15) is 43.2 Å². The molecule has 0 unspecified atom stereocenters. The van der Waals surface area contributed by atoms with Crippen LogP contribution < -0.4 is 57.5 Å². The Morgan fingerprint density at radius 2 is 1.05 bits per heavy atom. The molecule has 11 N–H and O–H groups in total. The molecular weight excluding hydrogens is 1520 g/mol. The summed E-state index contributed by atoms with van der Waals surface area (Å²) in [6.45, 7) is 10.3. The lowest BCUT2D eigenvalue weighted by molar-refractivity contribution is -0.121. The van der Waals surface area contributed by atoms with Crippen molar-refractivity contribution in [2.75, 3.05) is 144 Å². The summed E-state index contributed by atoms with van der Waals surface area (Å²) in [6, 6.07) is 16.4. The molecule has 37 nitrogen and oxygen atoms in total. The van der Waals surface area contributed by atoms with Crippen molar-refractivity contribution < 1.29 is 76.3 Å². The fraction of sp³-hybridized carbons (Fsp3) is 0.400. The number of ether oxygens (including phenoxy) is 7. The molecule has 0 aliphatic carbocycles. The molecule has 1 atom stereocenters. The number of carbonyl (C=O) groups excluding carboxylic acids is 9. The summed E-state index contributed by atoms with van der Waals surface area (Å²) < 4.78 is 46.6. The molecule has 9 rings (SSSR count). The number of aliphatic imine (C=N–C) groups is 1. The Labute approximate surface area is 665 Å². The van der Waals surface area contributed by atoms with Crippen molar-refractivity contribution >= 4 is 127 Å². The van der Waals surface area contributed by atoms with Crippen LogP contribution in [0.2, 0.25) is 5.02 Å². The quantitative estimate of drug-likeness (QED) is 0.0130. The number of rotatable bonds is 44. The molecule has 0 fully saturated rings. The molecule has 0 radical (unpaired) electrons. The lowest BCUT2D eigenvalue weighted by Gasteiger charge is -2.24. The number of hydrogen-bond acceptors (Lipinski definition) is 23. The van der Waals surface area contributed by atoms with Crippen molar-refractivity contribution in [1.82, 2.24) is 59.1 Å². The average molecular weight is 1610 g/mol. The van der Waals surface area contributed by atoms with Crippen molar-refractivity contribution in [2.24, 2.45) is 40.2 Å². The van der Waals surface area contributed by atoms with Crippen LogP contribution in [0.5, 0.6) is 5.75 Å². The number of amides is 9. The van der Waals surface area contributed by atoms with Gasteiger partial charge in [0.2, 0.25) is 35.3 Å². The number of fused-ring (bicyclic) bond motifs is 1. The second kappa shape index (κ2) is 42.7. The number of carbonyl (C=O) groups is 9. The Kier molecular flexibility index (Phi) is 32.3. The molecule has 608 valence electrons. The first-order valence-corrected chi connectivity index (χ1v) is 37.6.